The van der Waals surface area contributed by atoms with Crippen molar-refractivity contribution in [2.24, 2.45) is 11.7 Å². The van der Waals surface area contributed by atoms with Gasteiger partial charge in [-0.3, -0.25) is 9.59 Å². The van der Waals surface area contributed by atoms with Crippen LogP contribution in [-0.2, 0) is 9.59 Å². The van der Waals surface area contributed by atoms with Gasteiger partial charge in [0.15, 0.2) is 5.82 Å². The van der Waals surface area contributed by atoms with Gasteiger partial charge in [0, 0.05) is 36.8 Å². The summed E-state index contributed by atoms with van der Waals surface area (Å²) in [5.41, 5.74) is 9.44. The molecule has 0 aliphatic carbocycles. The van der Waals surface area contributed by atoms with E-state index in [0.29, 0.717) is 36.0 Å². The highest BCUT2D eigenvalue weighted by molar-refractivity contribution is 5.94. The molecule has 0 saturated carbocycles. The second-order valence-corrected chi connectivity index (χ2v) is 8.24. The highest BCUT2D eigenvalue weighted by Crippen LogP contribution is 2.24. The molecule has 35 heavy (non-hydrogen) atoms. The molecule has 1 aromatic carbocycles. The van der Waals surface area contributed by atoms with E-state index in [0.717, 1.165) is 30.2 Å². The fourth-order valence-electron chi connectivity index (χ4n) is 3.99. The zero-order chi connectivity index (χ0) is 24.8. The van der Waals surface area contributed by atoms with Crippen LogP contribution < -0.4 is 11.1 Å². The summed E-state index contributed by atoms with van der Waals surface area (Å²) >= 11 is 0. The number of carbonyl (C=O) groups is 2. The van der Waals surface area contributed by atoms with Crippen molar-refractivity contribution < 1.29 is 9.59 Å². The van der Waals surface area contributed by atoms with Gasteiger partial charge in [-0.15, -0.1) is 0 Å². The molecule has 0 spiro atoms. The number of amides is 2. The SMILES string of the molecule is C=CC(=O)N1CCCC(C(=O)Nc2ccc(-c3cnn(-c4cccc(/C(N)=C/C=N)n4)c3)cc2)C1. The minimum atomic E-state index is -0.239. The van der Waals surface area contributed by atoms with Crippen LogP contribution in [0, 0.1) is 11.3 Å². The second-order valence-electron chi connectivity index (χ2n) is 8.24. The summed E-state index contributed by atoms with van der Waals surface area (Å²) in [4.78, 5) is 30.8. The fraction of sp³-hybridized carbons (Fsp3) is 0.192. The van der Waals surface area contributed by atoms with Gasteiger partial charge in [0.1, 0.15) is 0 Å². The van der Waals surface area contributed by atoms with E-state index in [9.17, 15) is 9.59 Å². The number of nitrogens with one attached hydrogen (secondary N) is 2. The molecule has 3 heterocycles. The summed E-state index contributed by atoms with van der Waals surface area (Å²) in [6.45, 7) is 4.59. The number of benzene rings is 1. The van der Waals surface area contributed by atoms with Gasteiger partial charge >= 0.3 is 0 Å². The van der Waals surface area contributed by atoms with Crippen molar-refractivity contribution in [3.8, 4) is 16.9 Å². The van der Waals surface area contributed by atoms with Crippen molar-refractivity contribution in [1.29, 1.82) is 5.41 Å². The van der Waals surface area contributed by atoms with Crippen LogP contribution in [-0.4, -0.2) is 50.8 Å². The minimum absolute atomic E-state index is 0.0885. The molecule has 1 unspecified atom stereocenters. The average Bonchev–Trinajstić information content (AvgIpc) is 3.39. The number of anilines is 1. The molecule has 9 nitrogen and oxygen atoms in total. The van der Waals surface area contributed by atoms with Gasteiger partial charge < -0.3 is 21.4 Å². The Morgan fingerprint density at radius 2 is 1.97 bits per heavy atom. The van der Waals surface area contributed by atoms with Crippen molar-refractivity contribution in [1.82, 2.24) is 19.7 Å². The third kappa shape index (κ3) is 5.52. The lowest BCUT2D eigenvalue weighted by Crippen LogP contribution is -2.43. The molecule has 9 heteroatoms. The molecule has 4 rings (SSSR count). The van der Waals surface area contributed by atoms with Crippen molar-refractivity contribution in [3.05, 3.63) is 79.3 Å². The van der Waals surface area contributed by atoms with Crippen LogP contribution in [0.2, 0.25) is 0 Å². The molecule has 0 radical (unpaired) electrons. The lowest BCUT2D eigenvalue weighted by Gasteiger charge is -2.31. The van der Waals surface area contributed by atoms with E-state index in [-0.39, 0.29) is 17.7 Å². The first-order valence-corrected chi connectivity index (χ1v) is 11.3. The van der Waals surface area contributed by atoms with E-state index < -0.39 is 0 Å². The molecule has 3 aromatic rings. The molecule has 1 fully saturated rings. The Balaban J connectivity index is 1.43. The van der Waals surface area contributed by atoms with Crippen LogP contribution in [0.5, 0.6) is 0 Å². The zero-order valence-corrected chi connectivity index (χ0v) is 19.2. The van der Waals surface area contributed by atoms with E-state index in [2.05, 4.69) is 22.0 Å². The number of hydrogen-bond acceptors (Lipinski definition) is 6. The van der Waals surface area contributed by atoms with Crippen LogP contribution >= 0.6 is 0 Å². The quantitative estimate of drug-likeness (QED) is 0.361. The third-order valence-corrected chi connectivity index (χ3v) is 5.87. The first-order chi connectivity index (χ1) is 17.0. The van der Waals surface area contributed by atoms with Crippen molar-refractivity contribution in [3.63, 3.8) is 0 Å². The average molecular weight is 470 g/mol. The van der Waals surface area contributed by atoms with Crippen molar-refractivity contribution in [2.45, 2.75) is 12.8 Å². The number of pyridine rings is 1. The van der Waals surface area contributed by atoms with E-state index in [1.165, 1.54) is 12.2 Å². The topological polar surface area (TPSA) is 130 Å². The first kappa shape index (κ1) is 23.6. The normalized spacial score (nSPS) is 15.9. The van der Waals surface area contributed by atoms with Gasteiger partial charge in [0.05, 0.1) is 23.5 Å². The maximum absolute atomic E-state index is 12.7. The summed E-state index contributed by atoms with van der Waals surface area (Å²) < 4.78 is 1.66. The van der Waals surface area contributed by atoms with Crippen LogP contribution in [0.4, 0.5) is 5.69 Å². The number of allylic oxidation sites excluding steroid dienone is 1. The number of nitrogens with zero attached hydrogens (tertiary/aromatic N) is 4. The molecule has 2 amide bonds. The summed E-state index contributed by atoms with van der Waals surface area (Å²) in [6.07, 6.45) is 9.04. The molecular weight excluding hydrogens is 442 g/mol. The summed E-state index contributed by atoms with van der Waals surface area (Å²) in [5.74, 6) is 0.141. The maximum atomic E-state index is 12.7. The third-order valence-electron chi connectivity index (χ3n) is 5.87. The standard InChI is InChI=1S/C26H27N7O2/c1-2-25(34)32-14-4-5-19(16-32)26(35)30-21-10-8-18(9-11-21)20-15-29-33(17-20)24-7-3-6-23(31-24)22(28)12-13-27/h2-3,6-13,15,17,19,27H,1,4-5,14,16,28H2,(H,30,35)/b22-12-,27-13?. The molecular formula is C26H27N7O2. The van der Waals surface area contributed by atoms with E-state index >= 15 is 0 Å². The number of aromatic nitrogens is 3. The summed E-state index contributed by atoms with van der Waals surface area (Å²) in [7, 11) is 0. The highest BCUT2D eigenvalue weighted by atomic mass is 16.2. The predicted octanol–water partition coefficient (Wildman–Crippen LogP) is 3.25. The molecule has 1 aliphatic heterocycles. The lowest BCUT2D eigenvalue weighted by atomic mass is 9.97. The van der Waals surface area contributed by atoms with Crippen LogP contribution in [0.15, 0.2) is 73.6 Å². The summed E-state index contributed by atoms with van der Waals surface area (Å²) in [6, 6.07) is 13.0. The van der Waals surface area contributed by atoms with Crippen LogP contribution in [0.25, 0.3) is 22.6 Å². The zero-order valence-electron chi connectivity index (χ0n) is 19.2. The molecule has 0 bridgehead atoms. The van der Waals surface area contributed by atoms with Crippen LogP contribution in [0.1, 0.15) is 18.5 Å². The number of piperidine rings is 1. The van der Waals surface area contributed by atoms with Gasteiger partial charge in [-0.1, -0.05) is 24.8 Å². The summed E-state index contributed by atoms with van der Waals surface area (Å²) in [5, 5.41) is 14.5. The Morgan fingerprint density at radius 1 is 1.17 bits per heavy atom. The van der Waals surface area contributed by atoms with Gasteiger partial charge in [0.2, 0.25) is 11.8 Å². The molecule has 2 aromatic heterocycles. The fourth-order valence-corrected chi connectivity index (χ4v) is 3.99. The van der Waals surface area contributed by atoms with Crippen LogP contribution in [0.3, 0.4) is 0 Å². The van der Waals surface area contributed by atoms with Gasteiger partial charge in [0.25, 0.3) is 0 Å². The van der Waals surface area contributed by atoms with E-state index in [1.54, 1.807) is 21.8 Å². The Bertz CT molecular complexity index is 1280. The van der Waals surface area contributed by atoms with Gasteiger partial charge in [-0.25, -0.2) is 9.67 Å². The minimum Gasteiger partial charge on any atom is -0.397 e. The lowest BCUT2D eigenvalue weighted by molar-refractivity contribution is -0.130. The first-order valence-electron chi connectivity index (χ1n) is 11.3. The second kappa shape index (κ2) is 10.6. The smallest absolute Gasteiger partial charge is 0.245 e. The Kier molecular flexibility index (Phi) is 7.15. The number of rotatable bonds is 7. The molecule has 178 valence electrons. The molecule has 1 atom stereocenters. The largest absolute Gasteiger partial charge is 0.397 e. The highest BCUT2D eigenvalue weighted by Gasteiger charge is 2.27. The predicted molar refractivity (Wildman–Crippen MR) is 136 cm³/mol. The Labute approximate surface area is 203 Å². The molecule has 1 saturated heterocycles. The van der Waals surface area contributed by atoms with E-state index in [1.807, 2.05) is 42.6 Å². The number of likely N-dealkylation sites (tertiary alicyclic amines) is 1. The molecule has 1 aliphatic rings. The van der Waals surface area contributed by atoms with E-state index in [4.69, 9.17) is 11.1 Å². The Hall–Kier alpha value is -4.53. The van der Waals surface area contributed by atoms with Gasteiger partial charge in [-0.2, -0.15) is 5.10 Å². The number of hydrogen-bond donors (Lipinski definition) is 3. The van der Waals surface area contributed by atoms with Gasteiger partial charge in [-0.05, 0) is 54.8 Å². The maximum Gasteiger partial charge on any atom is 0.245 e. The Morgan fingerprint density at radius 3 is 2.71 bits per heavy atom. The number of carbonyl (C=O) groups excluding carboxylic acids is 2. The van der Waals surface area contributed by atoms with Crippen molar-refractivity contribution in [2.75, 3.05) is 18.4 Å². The number of nitrogens with two attached hydrogens (primary N) is 1. The molecule has 4 N–H and O–H groups in total. The van der Waals surface area contributed by atoms with Crippen molar-refractivity contribution >= 4 is 29.4 Å². The monoisotopic (exact) mass is 469 g/mol.